The van der Waals surface area contributed by atoms with E-state index in [0.29, 0.717) is 4.99 Å². The van der Waals surface area contributed by atoms with Gasteiger partial charge in [0.15, 0.2) is 5.82 Å². The third kappa shape index (κ3) is 3.91. The normalized spacial score (nSPS) is 13.1. The van der Waals surface area contributed by atoms with Gasteiger partial charge in [-0.1, -0.05) is 88.8 Å². The number of aryl methyl sites for hydroxylation is 3. The van der Waals surface area contributed by atoms with Crippen LogP contribution < -0.4 is 5.32 Å². The minimum Gasteiger partial charge on any atom is -0.345 e. The average Bonchev–Trinajstić information content (AvgIpc) is 3.29. The van der Waals surface area contributed by atoms with Crippen LogP contribution in [0.5, 0.6) is 0 Å². The van der Waals surface area contributed by atoms with E-state index in [1.807, 2.05) is 12.1 Å². The summed E-state index contributed by atoms with van der Waals surface area (Å²) in [6, 6.07) is 27.3. The van der Waals surface area contributed by atoms with Gasteiger partial charge in [-0.3, -0.25) is 0 Å². The van der Waals surface area contributed by atoms with Gasteiger partial charge in [-0.15, -0.1) is 5.10 Å². The van der Waals surface area contributed by atoms with Crippen molar-refractivity contribution < 1.29 is 0 Å². The van der Waals surface area contributed by atoms with E-state index in [1.165, 1.54) is 16.7 Å². The third-order valence-corrected chi connectivity index (χ3v) is 7.58. The Labute approximate surface area is 218 Å². The van der Waals surface area contributed by atoms with Crippen molar-refractivity contribution in [2.45, 2.75) is 32.7 Å². The molecule has 0 bridgehead atoms. The molecular weight excluding hydrogens is 516 g/mol. The quantitative estimate of drug-likeness (QED) is 0.237. The first-order valence-corrected chi connectivity index (χ1v) is 13.1. The van der Waals surface area contributed by atoms with Crippen LogP contribution in [-0.2, 0) is 13.0 Å². The molecule has 5 aromatic rings. The Kier molecular flexibility index (Phi) is 5.78. The van der Waals surface area contributed by atoms with E-state index in [-0.39, 0.29) is 0 Å². The number of thiocarbonyl (C=S) groups is 1. The van der Waals surface area contributed by atoms with Crippen LogP contribution in [0.1, 0.15) is 29.7 Å². The summed E-state index contributed by atoms with van der Waals surface area (Å²) in [6.45, 7) is 3.04. The van der Waals surface area contributed by atoms with Crippen molar-refractivity contribution in [1.82, 2.24) is 14.2 Å². The second kappa shape index (κ2) is 9.10. The summed E-state index contributed by atoms with van der Waals surface area (Å²) in [5, 5.41) is 8.73. The molecule has 3 aromatic carbocycles. The molecular formula is C29H25BrN4S. The van der Waals surface area contributed by atoms with Crippen molar-refractivity contribution in [3.05, 3.63) is 100 Å². The van der Waals surface area contributed by atoms with E-state index in [4.69, 9.17) is 17.3 Å². The third-order valence-electron chi connectivity index (χ3n) is 6.76. The van der Waals surface area contributed by atoms with Crippen LogP contribution in [0.15, 0.2) is 83.3 Å². The number of nitrogens with one attached hydrogen (secondary N) is 1. The first kappa shape index (κ1) is 22.3. The molecule has 3 heterocycles. The van der Waals surface area contributed by atoms with Crippen molar-refractivity contribution >= 4 is 44.5 Å². The van der Waals surface area contributed by atoms with E-state index < -0.39 is 0 Å². The van der Waals surface area contributed by atoms with Gasteiger partial charge >= 0.3 is 0 Å². The lowest BCUT2D eigenvalue weighted by Crippen LogP contribution is -2.15. The van der Waals surface area contributed by atoms with Crippen molar-refractivity contribution in [3.8, 4) is 22.5 Å². The molecule has 1 aliphatic heterocycles. The summed E-state index contributed by atoms with van der Waals surface area (Å²) in [4.78, 5) is 0.687. The second-order valence-electron chi connectivity index (χ2n) is 9.01. The van der Waals surface area contributed by atoms with Crippen LogP contribution >= 0.6 is 28.1 Å². The number of rotatable bonds is 4. The molecule has 0 radical (unpaired) electrons. The topological polar surface area (TPSA) is 34.3 Å². The Hall–Kier alpha value is -3.22. The summed E-state index contributed by atoms with van der Waals surface area (Å²) in [5.74, 6) is 0.982. The first-order valence-electron chi connectivity index (χ1n) is 11.9. The number of benzene rings is 3. The molecule has 0 atom stereocenters. The van der Waals surface area contributed by atoms with E-state index in [1.54, 1.807) is 0 Å². The van der Waals surface area contributed by atoms with Crippen molar-refractivity contribution in [3.63, 3.8) is 0 Å². The lowest BCUT2D eigenvalue weighted by Gasteiger charge is -2.13. The Bertz CT molecular complexity index is 1550. The van der Waals surface area contributed by atoms with Gasteiger partial charge in [0.25, 0.3) is 0 Å². The summed E-state index contributed by atoms with van der Waals surface area (Å²) < 4.78 is 5.54. The lowest BCUT2D eigenvalue weighted by atomic mass is 9.98. The second-order valence-corrected chi connectivity index (χ2v) is 10.3. The molecule has 0 saturated carbocycles. The molecule has 0 saturated heterocycles. The minimum absolute atomic E-state index is 0.687. The maximum atomic E-state index is 6.09. The fourth-order valence-corrected chi connectivity index (χ4v) is 5.63. The van der Waals surface area contributed by atoms with Crippen molar-refractivity contribution in [2.24, 2.45) is 0 Å². The van der Waals surface area contributed by atoms with Crippen LogP contribution in [0, 0.1) is 6.92 Å². The van der Waals surface area contributed by atoms with Crippen LogP contribution in [0.2, 0.25) is 0 Å². The van der Waals surface area contributed by atoms with E-state index in [0.717, 1.165) is 64.3 Å². The number of halogens is 1. The number of nitrogens with zero attached hydrogens (tertiary/aromatic N) is 3. The van der Waals surface area contributed by atoms with Crippen LogP contribution in [0.25, 0.3) is 28.2 Å². The molecule has 6 rings (SSSR count). The summed E-state index contributed by atoms with van der Waals surface area (Å²) in [5.41, 5.74) is 9.09. The van der Waals surface area contributed by atoms with Gasteiger partial charge in [0, 0.05) is 33.4 Å². The molecule has 0 unspecified atom stereocenters. The molecule has 35 heavy (non-hydrogen) atoms. The predicted octanol–water partition coefficient (Wildman–Crippen LogP) is 7.66. The van der Waals surface area contributed by atoms with E-state index in [2.05, 4.69) is 104 Å². The highest BCUT2D eigenvalue weighted by molar-refractivity contribution is 9.10. The van der Waals surface area contributed by atoms with Gasteiger partial charge in [0.05, 0.1) is 0 Å². The van der Waals surface area contributed by atoms with Crippen LogP contribution in [0.4, 0.5) is 5.69 Å². The Morgan fingerprint density at radius 3 is 2.43 bits per heavy atom. The highest BCUT2D eigenvalue weighted by Gasteiger charge is 2.29. The van der Waals surface area contributed by atoms with Gasteiger partial charge in [-0.2, -0.15) is 0 Å². The molecule has 0 aliphatic carbocycles. The number of para-hydroxylation sites is 1. The number of hydrogen-bond donors (Lipinski definition) is 1. The minimum atomic E-state index is 0.687. The van der Waals surface area contributed by atoms with Crippen LogP contribution in [-0.4, -0.2) is 19.2 Å². The molecule has 1 aliphatic rings. The largest absolute Gasteiger partial charge is 0.345 e. The first-order chi connectivity index (χ1) is 17.1. The summed E-state index contributed by atoms with van der Waals surface area (Å²) in [7, 11) is 0. The van der Waals surface area contributed by atoms with E-state index in [9.17, 15) is 0 Å². The average molecular weight is 542 g/mol. The van der Waals surface area contributed by atoms with E-state index >= 15 is 0 Å². The Morgan fingerprint density at radius 2 is 1.66 bits per heavy atom. The number of hydrogen-bond acceptors (Lipinski definition) is 2. The zero-order valence-corrected chi connectivity index (χ0v) is 21.9. The van der Waals surface area contributed by atoms with Gasteiger partial charge < -0.3 is 9.88 Å². The molecule has 0 fully saturated rings. The van der Waals surface area contributed by atoms with Crippen LogP contribution in [0.3, 0.4) is 0 Å². The Balaban J connectivity index is 1.61. The molecule has 174 valence electrons. The van der Waals surface area contributed by atoms with Gasteiger partial charge in [0.1, 0.15) is 16.3 Å². The maximum absolute atomic E-state index is 6.09. The zero-order chi connectivity index (χ0) is 23.9. The maximum Gasteiger partial charge on any atom is 0.162 e. The number of anilines is 1. The molecule has 6 heteroatoms. The fourth-order valence-electron chi connectivity index (χ4n) is 5.07. The zero-order valence-electron chi connectivity index (χ0n) is 19.5. The van der Waals surface area contributed by atoms with Crippen molar-refractivity contribution in [2.75, 3.05) is 5.32 Å². The van der Waals surface area contributed by atoms with Crippen molar-refractivity contribution in [1.29, 1.82) is 0 Å². The highest BCUT2D eigenvalue weighted by atomic mass is 79.9. The molecule has 2 aromatic heterocycles. The van der Waals surface area contributed by atoms with Gasteiger partial charge in [0.2, 0.25) is 0 Å². The smallest absolute Gasteiger partial charge is 0.162 e. The molecule has 0 amide bonds. The van der Waals surface area contributed by atoms with Gasteiger partial charge in [-0.05, 0) is 55.5 Å². The lowest BCUT2D eigenvalue weighted by molar-refractivity contribution is 0.645. The monoisotopic (exact) mass is 540 g/mol. The predicted molar refractivity (Wildman–Crippen MR) is 151 cm³/mol. The highest BCUT2D eigenvalue weighted by Crippen LogP contribution is 2.38. The SMILES string of the molecule is Cc1ccccc1NC(=S)c1c(-c2ccccc2)c2c3n(c(-c4ccc(Br)cc4)nn13)CCCC2. The van der Waals surface area contributed by atoms with Gasteiger partial charge in [-0.25, -0.2) is 4.52 Å². The number of aromatic nitrogens is 3. The molecule has 1 N–H and O–H groups in total. The molecule has 0 spiro atoms. The fraction of sp³-hybridized carbons (Fsp3) is 0.172. The standard InChI is InChI=1S/C29H25BrN4S/c1-19-9-5-6-13-24(19)31-28(35)26-25(20-10-3-2-4-11-20)23-12-7-8-18-33-27(32-34(26)29(23)33)21-14-16-22(30)17-15-21/h2-6,9-11,13-17H,7-8,12,18H2,1H3,(H,31,35). The Morgan fingerprint density at radius 1 is 0.914 bits per heavy atom. The molecule has 4 nitrogen and oxygen atoms in total. The summed E-state index contributed by atoms with van der Waals surface area (Å²) in [6.07, 6.45) is 3.27. The summed E-state index contributed by atoms with van der Waals surface area (Å²) >= 11 is 9.65.